The number of nitrogens with zero attached hydrogens (tertiary/aromatic N) is 3. The van der Waals surface area contributed by atoms with Crippen molar-refractivity contribution in [2.45, 2.75) is 18.9 Å². The molecule has 1 amide bonds. The number of thioether (sulfide) groups is 1. The van der Waals surface area contributed by atoms with Gasteiger partial charge in [0.15, 0.2) is 0 Å². The summed E-state index contributed by atoms with van der Waals surface area (Å²) < 4.78 is 0. The van der Waals surface area contributed by atoms with Crippen molar-refractivity contribution in [1.82, 2.24) is 9.88 Å². The Labute approximate surface area is 116 Å². The minimum absolute atomic E-state index is 0.0465. The molecule has 1 heterocycles. The number of halogens is 1. The molecular weight excluding hydrogens is 270 g/mol. The Morgan fingerprint density at radius 3 is 2.78 bits per heavy atom. The molecule has 0 saturated carbocycles. The Morgan fingerprint density at radius 2 is 2.22 bits per heavy atom. The second kappa shape index (κ2) is 7.24. The second-order valence-corrected chi connectivity index (χ2v) is 4.79. The van der Waals surface area contributed by atoms with E-state index in [-0.39, 0.29) is 11.7 Å². The Hall–Kier alpha value is -1.25. The summed E-state index contributed by atoms with van der Waals surface area (Å²) in [6, 6.07) is 3.54. The van der Waals surface area contributed by atoms with Gasteiger partial charge in [0.1, 0.15) is 11.1 Å². The van der Waals surface area contributed by atoms with Gasteiger partial charge in [-0.15, -0.1) is 0 Å². The number of amides is 1. The van der Waals surface area contributed by atoms with Crippen molar-refractivity contribution in [3.63, 3.8) is 0 Å². The standard InChI is InChI=1S/C12H14ClN3OS/c1-3-16(4-2)10(17)8-18-12-11(13)9(7-14)5-6-15-12/h5-6H,3-4,8H2,1-2H3. The first-order chi connectivity index (χ1) is 8.63. The van der Waals surface area contributed by atoms with Crippen molar-refractivity contribution in [1.29, 1.82) is 5.26 Å². The molecule has 0 fully saturated rings. The molecule has 0 N–H and O–H groups in total. The molecule has 1 aromatic rings. The molecule has 0 saturated heterocycles. The zero-order chi connectivity index (χ0) is 13.5. The highest BCUT2D eigenvalue weighted by atomic mass is 35.5. The van der Waals surface area contributed by atoms with Gasteiger partial charge < -0.3 is 4.90 Å². The first-order valence-electron chi connectivity index (χ1n) is 5.59. The zero-order valence-corrected chi connectivity index (χ0v) is 11.9. The number of aromatic nitrogens is 1. The molecule has 0 radical (unpaired) electrons. The van der Waals surface area contributed by atoms with E-state index in [1.807, 2.05) is 19.9 Å². The molecule has 1 rings (SSSR count). The maximum Gasteiger partial charge on any atom is 0.232 e. The maximum absolute atomic E-state index is 11.8. The van der Waals surface area contributed by atoms with Crippen molar-refractivity contribution >= 4 is 29.3 Å². The third-order valence-electron chi connectivity index (χ3n) is 2.43. The van der Waals surface area contributed by atoms with Crippen LogP contribution in [0.15, 0.2) is 17.3 Å². The van der Waals surface area contributed by atoms with E-state index in [9.17, 15) is 4.79 Å². The minimum Gasteiger partial charge on any atom is -0.343 e. The van der Waals surface area contributed by atoms with Crippen LogP contribution in [0.5, 0.6) is 0 Å². The summed E-state index contributed by atoms with van der Waals surface area (Å²) in [5, 5.41) is 9.68. The molecule has 0 spiro atoms. The molecule has 1 aromatic heterocycles. The predicted molar refractivity (Wildman–Crippen MR) is 72.6 cm³/mol. The summed E-state index contributed by atoms with van der Waals surface area (Å²) >= 11 is 7.27. The van der Waals surface area contributed by atoms with Gasteiger partial charge in [-0.3, -0.25) is 4.79 Å². The smallest absolute Gasteiger partial charge is 0.232 e. The highest BCUT2D eigenvalue weighted by Crippen LogP contribution is 2.27. The lowest BCUT2D eigenvalue weighted by molar-refractivity contribution is -0.127. The summed E-state index contributed by atoms with van der Waals surface area (Å²) in [6.45, 7) is 5.26. The molecule has 0 bridgehead atoms. The van der Waals surface area contributed by atoms with Gasteiger partial charge >= 0.3 is 0 Å². The number of hydrogen-bond acceptors (Lipinski definition) is 4. The highest BCUT2D eigenvalue weighted by Gasteiger charge is 2.13. The van der Waals surface area contributed by atoms with E-state index in [2.05, 4.69) is 4.98 Å². The molecule has 18 heavy (non-hydrogen) atoms. The third kappa shape index (κ3) is 3.62. The number of rotatable bonds is 5. The van der Waals surface area contributed by atoms with Crippen LogP contribution >= 0.6 is 23.4 Å². The number of carbonyl (C=O) groups is 1. The third-order valence-corrected chi connectivity index (χ3v) is 3.90. The van der Waals surface area contributed by atoms with E-state index in [4.69, 9.17) is 16.9 Å². The predicted octanol–water partition coefficient (Wildman–Crippen LogP) is 2.57. The highest BCUT2D eigenvalue weighted by molar-refractivity contribution is 8.00. The maximum atomic E-state index is 11.8. The molecule has 4 nitrogen and oxygen atoms in total. The summed E-state index contributed by atoms with van der Waals surface area (Å²) in [4.78, 5) is 17.6. The molecule has 96 valence electrons. The van der Waals surface area contributed by atoms with Crippen LogP contribution in [0.25, 0.3) is 0 Å². The van der Waals surface area contributed by atoms with Crippen LogP contribution in [0.3, 0.4) is 0 Å². The average Bonchev–Trinajstić information content (AvgIpc) is 2.39. The molecule has 0 atom stereocenters. The van der Waals surface area contributed by atoms with Gasteiger partial charge in [0.2, 0.25) is 5.91 Å². The van der Waals surface area contributed by atoms with Crippen LogP contribution in [0.2, 0.25) is 5.02 Å². The fourth-order valence-corrected chi connectivity index (χ4v) is 2.54. The quantitative estimate of drug-likeness (QED) is 0.779. The van der Waals surface area contributed by atoms with E-state index in [0.29, 0.717) is 28.7 Å². The van der Waals surface area contributed by atoms with E-state index < -0.39 is 0 Å². The van der Waals surface area contributed by atoms with Crippen LogP contribution < -0.4 is 0 Å². The molecule has 6 heteroatoms. The van der Waals surface area contributed by atoms with E-state index in [1.54, 1.807) is 11.0 Å². The van der Waals surface area contributed by atoms with Crippen LogP contribution in [-0.4, -0.2) is 34.6 Å². The monoisotopic (exact) mass is 283 g/mol. The van der Waals surface area contributed by atoms with Gasteiger partial charge in [-0.05, 0) is 19.9 Å². The van der Waals surface area contributed by atoms with Gasteiger partial charge in [-0.2, -0.15) is 5.26 Å². The lowest BCUT2D eigenvalue weighted by Crippen LogP contribution is -2.31. The summed E-state index contributed by atoms with van der Waals surface area (Å²) in [6.07, 6.45) is 1.52. The largest absolute Gasteiger partial charge is 0.343 e. The number of nitriles is 1. The van der Waals surface area contributed by atoms with Crippen molar-refractivity contribution in [2.75, 3.05) is 18.8 Å². The van der Waals surface area contributed by atoms with E-state index in [1.165, 1.54) is 18.0 Å². The lowest BCUT2D eigenvalue weighted by atomic mass is 10.3. The molecule has 0 aromatic carbocycles. The van der Waals surface area contributed by atoms with E-state index >= 15 is 0 Å². The number of pyridine rings is 1. The van der Waals surface area contributed by atoms with Crippen LogP contribution in [0.1, 0.15) is 19.4 Å². The van der Waals surface area contributed by atoms with Gasteiger partial charge in [0.25, 0.3) is 0 Å². The zero-order valence-electron chi connectivity index (χ0n) is 10.3. The van der Waals surface area contributed by atoms with Crippen LogP contribution in [0, 0.1) is 11.3 Å². The Kier molecular flexibility index (Phi) is 5.96. The molecule has 0 unspecified atom stereocenters. The first kappa shape index (κ1) is 14.8. The summed E-state index contributed by atoms with van der Waals surface area (Å²) in [7, 11) is 0. The lowest BCUT2D eigenvalue weighted by Gasteiger charge is -2.18. The van der Waals surface area contributed by atoms with Crippen LogP contribution in [-0.2, 0) is 4.79 Å². The Morgan fingerprint density at radius 1 is 1.56 bits per heavy atom. The van der Waals surface area contributed by atoms with E-state index in [0.717, 1.165) is 0 Å². The molecule has 0 aliphatic rings. The van der Waals surface area contributed by atoms with Gasteiger partial charge in [-0.25, -0.2) is 4.98 Å². The normalized spacial score (nSPS) is 9.89. The number of hydrogen-bond donors (Lipinski definition) is 0. The van der Waals surface area contributed by atoms with Crippen molar-refractivity contribution in [3.8, 4) is 6.07 Å². The minimum atomic E-state index is 0.0465. The SMILES string of the molecule is CCN(CC)C(=O)CSc1nccc(C#N)c1Cl. The van der Waals surface area contributed by atoms with Crippen molar-refractivity contribution in [3.05, 3.63) is 22.8 Å². The van der Waals surface area contributed by atoms with Crippen molar-refractivity contribution in [2.24, 2.45) is 0 Å². The fraction of sp³-hybridized carbons (Fsp3) is 0.417. The van der Waals surface area contributed by atoms with Gasteiger partial charge in [-0.1, -0.05) is 23.4 Å². The number of carbonyl (C=O) groups excluding carboxylic acids is 1. The van der Waals surface area contributed by atoms with Gasteiger partial charge in [0.05, 0.1) is 16.3 Å². The van der Waals surface area contributed by atoms with Gasteiger partial charge in [0, 0.05) is 19.3 Å². The average molecular weight is 284 g/mol. The Balaban J connectivity index is 2.70. The molecular formula is C12H14ClN3OS. The second-order valence-electron chi connectivity index (χ2n) is 3.44. The summed E-state index contributed by atoms with van der Waals surface area (Å²) in [5.74, 6) is 0.328. The van der Waals surface area contributed by atoms with Crippen molar-refractivity contribution < 1.29 is 4.79 Å². The molecule has 0 aliphatic carbocycles. The Bertz CT molecular complexity index is 469. The molecule has 0 aliphatic heterocycles. The topological polar surface area (TPSA) is 57.0 Å². The first-order valence-corrected chi connectivity index (χ1v) is 6.95. The fourth-order valence-electron chi connectivity index (χ4n) is 1.41. The summed E-state index contributed by atoms with van der Waals surface area (Å²) in [5.41, 5.74) is 0.379. The van der Waals surface area contributed by atoms with Crippen LogP contribution in [0.4, 0.5) is 0 Å².